The zero-order valence-corrected chi connectivity index (χ0v) is 12.4. The van der Waals surface area contributed by atoms with Gasteiger partial charge in [0.15, 0.2) is 0 Å². The van der Waals surface area contributed by atoms with Gasteiger partial charge < -0.3 is 5.73 Å². The molecule has 2 N–H and O–H groups in total. The topological polar surface area (TPSA) is 82.0 Å². The number of hydrogen-bond acceptors (Lipinski definition) is 5. The summed E-state index contributed by atoms with van der Waals surface area (Å²) in [4.78, 5) is 15.5. The molecule has 2 rings (SSSR count). The van der Waals surface area contributed by atoms with Gasteiger partial charge in [-0.05, 0) is 32.0 Å². The third-order valence-corrected chi connectivity index (χ3v) is 4.18. The summed E-state index contributed by atoms with van der Waals surface area (Å²) in [6.07, 6.45) is 1.48. The van der Waals surface area contributed by atoms with Crippen molar-refractivity contribution in [1.82, 2.24) is 4.98 Å². The van der Waals surface area contributed by atoms with Crippen molar-refractivity contribution in [2.24, 2.45) is 0 Å². The summed E-state index contributed by atoms with van der Waals surface area (Å²) in [5.74, 6) is 0.0203. The van der Waals surface area contributed by atoms with Crippen molar-refractivity contribution >= 4 is 23.1 Å². The van der Waals surface area contributed by atoms with Crippen LogP contribution in [0.3, 0.4) is 0 Å². The highest BCUT2D eigenvalue weighted by Gasteiger charge is 2.18. The molecule has 0 radical (unpaired) electrons. The van der Waals surface area contributed by atoms with E-state index in [2.05, 4.69) is 4.98 Å². The molecule has 7 heteroatoms. The summed E-state index contributed by atoms with van der Waals surface area (Å²) in [5, 5.41) is 11.1. The van der Waals surface area contributed by atoms with Gasteiger partial charge in [0.25, 0.3) is 5.69 Å². The maximum absolute atomic E-state index is 13.2. The second-order valence-corrected chi connectivity index (χ2v) is 5.61. The van der Waals surface area contributed by atoms with Gasteiger partial charge in [-0.15, -0.1) is 11.8 Å². The molecule has 0 aliphatic carbocycles. The number of rotatable bonds is 4. The van der Waals surface area contributed by atoms with Crippen molar-refractivity contribution in [3.63, 3.8) is 0 Å². The van der Waals surface area contributed by atoms with Gasteiger partial charge in [-0.2, -0.15) is 0 Å². The molecule has 1 aromatic carbocycles. The fraction of sp³-hybridized carbons (Fsp3) is 0.214. The molecular weight excluding hydrogens is 293 g/mol. The molecule has 0 bridgehead atoms. The molecule has 0 saturated heterocycles. The number of nitro groups is 1. The van der Waals surface area contributed by atoms with Gasteiger partial charge in [0.05, 0.1) is 10.6 Å². The number of nitrogen functional groups attached to an aromatic ring is 1. The predicted octanol–water partition coefficient (Wildman–Crippen LogP) is 3.62. The Morgan fingerprint density at radius 3 is 2.81 bits per heavy atom. The van der Waals surface area contributed by atoms with Crippen LogP contribution in [0, 0.1) is 29.8 Å². The number of pyridine rings is 1. The van der Waals surface area contributed by atoms with E-state index < -0.39 is 4.92 Å². The van der Waals surface area contributed by atoms with Crippen LogP contribution in [0.25, 0.3) is 0 Å². The molecule has 5 nitrogen and oxygen atoms in total. The van der Waals surface area contributed by atoms with E-state index in [1.54, 1.807) is 13.8 Å². The van der Waals surface area contributed by atoms with E-state index >= 15 is 0 Å². The highest BCUT2D eigenvalue weighted by atomic mass is 32.2. The van der Waals surface area contributed by atoms with Crippen LogP contribution in [-0.4, -0.2) is 9.91 Å². The van der Waals surface area contributed by atoms with Crippen molar-refractivity contribution in [1.29, 1.82) is 0 Å². The molecule has 0 fully saturated rings. The number of nitrogens with zero attached hydrogens (tertiary/aromatic N) is 2. The summed E-state index contributed by atoms with van der Waals surface area (Å²) in [5.41, 5.74) is 7.98. The molecule has 0 atom stereocenters. The van der Waals surface area contributed by atoms with Crippen molar-refractivity contribution in [2.75, 3.05) is 5.73 Å². The van der Waals surface area contributed by atoms with Gasteiger partial charge in [-0.1, -0.05) is 0 Å². The predicted molar refractivity (Wildman–Crippen MR) is 80.7 cm³/mol. The standard InChI is InChI=1S/C14H14FN3O2S/c1-8-6-17-12(9(2)14(8)18(19)20)7-21-13-5-10(15)3-4-11(13)16/h3-6H,7,16H2,1-2H3. The second-order valence-electron chi connectivity index (χ2n) is 4.59. The lowest BCUT2D eigenvalue weighted by atomic mass is 10.1. The molecule has 1 aromatic heterocycles. The molecule has 0 spiro atoms. The first-order valence-corrected chi connectivity index (χ1v) is 7.16. The molecule has 2 aromatic rings. The fourth-order valence-corrected chi connectivity index (χ4v) is 2.98. The van der Waals surface area contributed by atoms with Crippen molar-refractivity contribution in [2.45, 2.75) is 24.5 Å². The number of nitrogens with two attached hydrogens (primary N) is 1. The normalized spacial score (nSPS) is 10.6. The number of hydrogen-bond donors (Lipinski definition) is 1. The summed E-state index contributed by atoms with van der Waals surface area (Å²) in [6, 6.07) is 4.13. The van der Waals surface area contributed by atoms with Crippen LogP contribution in [-0.2, 0) is 5.75 Å². The third-order valence-electron chi connectivity index (χ3n) is 3.10. The lowest BCUT2D eigenvalue weighted by Crippen LogP contribution is -2.01. The van der Waals surface area contributed by atoms with E-state index in [4.69, 9.17) is 5.73 Å². The highest BCUT2D eigenvalue weighted by molar-refractivity contribution is 7.98. The minimum absolute atomic E-state index is 0.0767. The number of aryl methyl sites for hydroxylation is 1. The quantitative estimate of drug-likeness (QED) is 0.404. The Morgan fingerprint density at radius 2 is 2.14 bits per heavy atom. The molecule has 0 amide bonds. The number of anilines is 1. The van der Waals surface area contributed by atoms with Crippen molar-refractivity contribution in [3.05, 3.63) is 57.1 Å². The minimum atomic E-state index is -0.406. The summed E-state index contributed by atoms with van der Waals surface area (Å²) in [6.45, 7) is 3.32. The van der Waals surface area contributed by atoms with E-state index in [1.807, 2.05) is 0 Å². The summed E-state index contributed by atoms with van der Waals surface area (Å²) in [7, 11) is 0. The van der Waals surface area contributed by atoms with Crippen LogP contribution in [0.1, 0.15) is 16.8 Å². The SMILES string of the molecule is Cc1cnc(CSc2cc(F)ccc2N)c(C)c1[N+](=O)[O-]. The average Bonchev–Trinajstić information content (AvgIpc) is 2.41. The van der Waals surface area contributed by atoms with Crippen LogP contribution in [0.4, 0.5) is 15.8 Å². The molecular formula is C14H14FN3O2S. The van der Waals surface area contributed by atoms with E-state index in [-0.39, 0.29) is 11.5 Å². The Kier molecular flexibility index (Phi) is 4.42. The monoisotopic (exact) mass is 307 g/mol. The summed E-state index contributed by atoms with van der Waals surface area (Å²) >= 11 is 1.30. The van der Waals surface area contributed by atoms with Crippen LogP contribution in [0.5, 0.6) is 0 Å². The summed E-state index contributed by atoms with van der Waals surface area (Å²) < 4.78 is 13.2. The number of thioether (sulfide) groups is 1. The molecule has 0 aliphatic rings. The number of aromatic nitrogens is 1. The first kappa shape index (κ1) is 15.2. The lowest BCUT2D eigenvalue weighted by Gasteiger charge is -2.08. The Hall–Kier alpha value is -2.15. The molecule has 1 heterocycles. The molecule has 110 valence electrons. The molecule has 0 aliphatic heterocycles. The zero-order chi connectivity index (χ0) is 15.6. The Balaban J connectivity index is 2.27. The van der Waals surface area contributed by atoms with Gasteiger partial charge in [0.2, 0.25) is 0 Å². The van der Waals surface area contributed by atoms with Gasteiger partial charge in [0.1, 0.15) is 5.82 Å². The fourth-order valence-electron chi connectivity index (χ4n) is 1.97. The van der Waals surface area contributed by atoms with E-state index in [1.165, 1.54) is 36.2 Å². The van der Waals surface area contributed by atoms with Crippen LogP contribution in [0.15, 0.2) is 29.3 Å². The van der Waals surface area contributed by atoms with E-state index in [0.29, 0.717) is 33.2 Å². The first-order valence-electron chi connectivity index (χ1n) is 6.17. The first-order chi connectivity index (χ1) is 9.90. The second kappa shape index (κ2) is 6.09. The van der Waals surface area contributed by atoms with Crippen LogP contribution >= 0.6 is 11.8 Å². The largest absolute Gasteiger partial charge is 0.398 e. The highest BCUT2D eigenvalue weighted by Crippen LogP contribution is 2.31. The van der Waals surface area contributed by atoms with Gasteiger partial charge in [-0.25, -0.2) is 4.39 Å². The third kappa shape index (κ3) is 3.30. The van der Waals surface area contributed by atoms with E-state index in [9.17, 15) is 14.5 Å². The average molecular weight is 307 g/mol. The Bertz CT molecular complexity index is 707. The molecule has 0 saturated carbocycles. The maximum Gasteiger partial charge on any atom is 0.278 e. The van der Waals surface area contributed by atoms with E-state index in [0.717, 1.165) is 0 Å². The smallest absolute Gasteiger partial charge is 0.278 e. The Labute approximate surface area is 125 Å². The van der Waals surface area contributed by atoms with Gasteiger partial charge >= 0.3 is 0 Å². The zero-order valence-electron chi connectivity index (χ0n) is 11.6. The maximum atomic E-state index is 13.2. The lowest BCUT2D eigenvalue weighted by molar-refractivity contribution is -0.386. The van der Waals surface area contributed by atoms with Gasteiger partial charge in [-0.3, -0.25) is 15.1 Å². The van der Waals surface area contributed by atoms with Crippen molar-refractivity contribution < 1.29 is 9.31 Å². The van der Waals surface area contributed by atoms with Gasteiger partial charge in [0, 0.05) is 33.7 Å². The minimum Gasteiger partial charge on any atom is -0.398 e. The van der Waals surface area contributed by atoms with Crippen molar-refractivity contribution in [3.8, 4) is 0 Å². The Morgan fingerprint density at radius 1 is 1.43 bits per heavy atom. The number of benzene rings is 1. The van der Waals surface area contributed by atoms with Crippen LogP contribution < -0.4 is 5.73 Å². The van der Waals surface area contributed by atoms with Crippen LogP contribution in [0.2, 0.25) is 0 Å². The molecule has 21 heavy (non-hydrogen) atoms. The number of halogens is 1. The molecule has 0 unspecified atom stereocenters.